The Bertz CT molecular complexity index is 438. The summed E-state index contributed by atoms with van der Waals surface area (Å²) in [6, 6.07) is 6.13. The van der Waals surface area contributed by atoms with Gasteiger partial charge in [0.05, 0.1) is 25.2 Å². The lowest BCUT2D eigenvalue weighted by molar-refractivity contribution is -0.156. The van der Waals surface area contributed by atoms with E-state index in [1.807, 2.05) is 0 Å². The van der Waals surface area contributed by atoms with E-state index in [4.69, 9.17) is 14.2 Å². The zero-order chi connectivity index (χ0) is 14.6. The van der Waals surface area contributed by atoms with Crippen molar-refractivity contribution in [1.29, 1.82) is 0 Å². The van der Waals surface area contributed by atoms with Crippen molar-refractivity contribution in [2.45, 2.75) is 6.18 Å². The van der Waals surface area contributed by atoms with Crippen molar-refractivity contribution in [2.24, 2.45) is 5.41 Å². The van der Waals surface area contributed by atoms with Crippen molar-refractivity contribution >= 4 is 0 Å². The van der Waals surface area contributed by atoms with E-state index in [2.05, 4.69) is 0 Å². The van der Waals surface area contributed by atoms with Gasteiger partial charge in [-0.3, -0.25) is 0 Å². The molecule has 1 aromatic rings. The molecule has 0 bridgehead atoms. The van der Waals surface area contributed by atoms with Crippen LogP contribution < -0.4 is 9.47 Å². The quantitative estimate of drug-likeness (QED) is 0.871. The third-order valence-electron chi connectivity index (χ3n) is 2.93. The summed E-state index contributed by atoms with van der Waals surface area (Å²) >= 11 is 0. The highest BCUT2D eigenvalue weighted by atomic mass is 19.4. The summed E-state index contributed by atoms with van der Waals surface area (Å²) in [5.74, 6) is 0.245. The van der Waals surface area contributed by atoms with E-state index in [0.29, 0.717) is 13.2 Å². The van der Waals surface area contributed by atoms with E-state index in [9.17, 15) is 18.3 Å². The second-order valence-electron chi connectivity index (χ2n) is 4.79. The third-order valence-corrected chi connectivity index (χ3v) is 2.93. The molecule has 0 unspecified atom stereocenters. The largest absolute Gasteiger partial charge is 0.489 e. The Kier molecular flexibility index (Phi) is 4.39. The Morgan fingerprint density at radius 1 is 1.15 bits per heavy atom. The lowest BCUT2D eigenvalue weighted by Gasteiger charge is -2.39. The minimum absolute atomic E-state index is 0.0261. The van der Waals surface area contributed by atoms with Crippen molar-refractivity contribution in [3.63, 3.8) is 0 Å². The van der Waals surface area contributed by atoms with Crippen LogP contribution in [0.3, 0.4) is 0 Å². The number of alkyl halides is 3. The topological polar surface area (TPSA) is 47.9 Å². The van der Waals surface area contributed by atoms with Crippen LogP contribution in [0.25, 0.3) is 0 Å². The fourth-order valence-electron chi connectivity index (χ4n) is 1.69. The van der Waals surface area contributed by atoms with Gasteiger partial charge in [0.25, 0.3) is 0 Å². The van der Waals surface area contributed by atoms with Gasteiger partial charge >= 0.3 is 6.18 Å². The number of hydrogen-bond acceptors (Lipinski definition) is 4. The molecule has 2 rings (SSSR count). The van der Waals surface area contributed by atoms with Crippen molar-refractivity contribution in [3.8, 4) is 11.5 Å². The van der Waals surface area contributed by atoms with E-state index < -0.39 is 18.2 Å². The molecule has 7 heteroatoms. The number of para-hydroxylation sites is 2. The number of benzene rings is 1. The minimum Gasteiger partial charge on any atom is -0.489 e. The van der Waals surface area contributed by atoms with Crippen molar-refractivity contribution < 1.29 is 32.5 Å². The van der Waals surface area contributed by atoms with Crippen LogP contribution in [0.1, 0.15) is 0 Å². The molecular formula is C13H15F3O4. The molecule has 0 atom stereocenters. The molecule has 1 heterocycles. The Hall–Kier alpha value is -1.47. The van der Waals surface area contributed by atoms with E-state index >= 15 is 0 Å². The molecule has 0 aliphatic carbocycles. The normalized spacial score (nSPS) is 17.4. The molecule has 1 aliphatic heterocycles. The SMILES string of the molecule is OCC1(COc2ccccc2OCC(F)(F)F)COC1. The maximum atomic E-state index is 12.2. The molecule has 1 N–H and O–H groups in total. The van der Waals surface area contributed by atoms with Gasteiger partial charge in [-0.15, -0.1) is 0 Å². The van der Waals surface area contributed by atoms with Crippen LogP contribution in [-0.2, 0) is 4.74 Å². The van der Waals surface area contributed by atoms with Gasteiger partial charge in [0.2, 0.25) is 0 Å². The second kappa shape index (κ2) is 5.88. The molecule has 0 amide bonds. The van der Waals surface area contributed by atoms with Gasteiger partial charge in [0, 0.05) is 0 Å². The Balaban J connectivity index is 1.97. The molecule has 0 saturated carbocycles. The Morgan fingerprint density at radius 3 is 2.20 bits per heavy atom. The maximum Gasteiger partial charge on any atom is 0.422 e. The highest BCUT2D eigenvalue weighted by molar-refractivity contribution is 5.39. The predicted molar refractivity (Wildman–Crippen MR) is 63.8 cm³/mol. The fourth-order valence-corrected chi connectivity index (χ4v) is 1.69. The average molecular weight is 292 g/mol. The summed E-state index contributed by atoms with van der Waals surface area (Å²) in [5, 5.41) is 9.25. The van der Waals surface area contributed by atoms with E-state index in [1.165, 1.54) is 12.1 Å². The first-order valence-electron chi connectivity index (χ1n) is 6.04. The number of hydrogen-bond donors (Lipinski definition) is 1. The zero-order valence-corrected chi connectivity index (χ0v) is 10.7. The van der Waals surface area contributed by atoms with Gasteiger partial charge in [-0.2, -0.15) is 13.2 Å². The molecular weight excluding hydrogens is 277 g/mol. The zero-order valence-electron chi connectivity index (χ0n) is 10.7. The minimum atomic E-state index is -4.40. The molecule has 0 spiro atoms. The maximum absolute atomic E-state index is 12.2. The molecule has 0 radical (unpaired) electrons. The standard InChI is InChI=1S/C13H15F3O4/c14-13(15,16)9-20-11-4-2-1-3-10(11)19-8-12(5-17)6-18-7-12/h1-4,17H,5-9H2. The van der Waals surface area contributed by atoms with E-state index in [0.717, 1.165) is 0 Å². The molecule has 4 nitrogen and oxygen atoms in total. The van der Waals surface area contributed by atoms with Crippen LogP contribution in [0.2, 0.25) is 0 Å². The molecule has 112 valence electrons. The summed E-state index contributed by atoms with van der Waals surface area (Å²) in [5.41, 5.74) is -0.475. The van der Waals surface area contributed by atoms with Gasteiger partial charge in [0.1, 0.15) is 6.61 Å². The number of rotatable bonds is 6. The highest BCUT2D eigenvalue weighted by Gasteiger charge is 2.39. The van der Waals surface area contributed by atoms with Crippen LogP contribution in [0.4, 0.5) is 13.2 Å². The monoisotopic (exact) mass is 292 g/mol. The fraction of sp³-hybridized carbons (Fsp3) is 0.538. The second-order valence-corrected chi connectivity index (χ2v) is 4.79. The van der Waals surface area contributed by atoms with Crippen LogP contribution in [0.15, 0.2) is 24.3 Å². The van der Waals surface area contributed by atoms with Crippen molar-refractivity contribution in [2.75, 3.05) is 33.0 Å². The number of aliphatic hydroxyl groups is 1. The van der Waals surface area contributed by atoms with Crippen LogP contribution in [-0.4, -0.2) is 44.3 Å². The molecule has 1 saturated heterocycles. The third kappa shape index (κ3) is 3.77. The lowest BCUT2D eigenvalue weighted by Crippen LogP contribution is -2.49. The first kappa shape index (κ1) is 14.9. The smallest absolute Gasteiger partial charge is 0.422 e. The molecule has 1 aromatic carbocycles. The van der Waals surface area contributed by atoms with Crippen LogP contribution >= 0.6 is 0 Å². The summed E-state index contributed by atoms with van der Waals surface area (Å²) in [6.07, 6.45) is -4.40. The van der Waals surface area contributed by atoms with Gasteiger partial charge in [-0.05, 0) is 12.1 Å². The molecule has 0 aromatic heterocycles. The lowest BCUT2D eigenvalue weighted by atomic mass is 9.88. The van der Waals surface area contributed by atoms with Gasteiger partial charge < -0.3 is 19.3 Å². The molecule has 20 heavy (non-hydrogen) atoms. The van der Waals surface area contributed by atoms with E-state index in [-0.39, 0.29) is 24.7 Å². The van der Waals surface area contributed by atoms with Gasteiger partial charge in [-0.1, -0.05) is 12.1 Å². The van der Waals surface area contributed by atoms with Gasteiger partial charge in [-0.25, -0.2) is 0 Å². The Labute approximate surface area is 114 Å². The van der Waals surface area contributed by atoms with Crippen molar-refractivity contribution in [3.05, 3.63) is 24.3 Å². The first-order chi connectivity index (χ1) is 9.44. The Morgan fingerprint density at radius 2 is 1.75 bits per heavy atom. The van der Waals surface area contributed by atoms with Gasteiger partial charge in [0.15, 0.2) is 18.1 Å². The summed E-state index contributed by atoms with van der Waals surface area (Å²) in [6.45, 7) is -0.569. The molecule has 1 fully saturated rings. The average Bonchev–Trinajstić information content (AvgIpc) is 2.36. The highest BCUT2D eigenvalue weighted by Crippen LogP contribution is 2.32. The van der Waals surface area contributed by atoms with Crippen molar-refractivity contribution in [1.82, 2.24) is 0 Å². The summed E-state index contributed by atoms with van der Waals surface area (Å²) < 4.78 is 51.6. The number of aliphatic hydroxyl groups excluding tert-OH is 1. The number of ether oxygens (including phenoxy) is 3. The number of halogens is 3. The predicted octanol–water partition coefficient (Wildman–Crippen LogP) is 2.02. The van der Waals surface area contributed by atoms with Crippen LogP contribution in [0.5, 0.6) is 11.5 Å². The summed E-state index contributed by atoms with van der Waals surface area (Å²) in [7, 11) is 0. The van der Waals surface area contributed by atoms with Crippen LogP contribution in [0, 0.1) is 5.41 Å². The van der Waals surface area contributed by atoms with E-state index in [1.54, 1.807) is 12.1 Å². The summed E-state index contributed by atoms with van der Waals surface area (Å²) in [4.78, 5) is 0. The first-order valence-corrected chi connectivity index (χ1v) is 6.04. The molecule has 1 aliphatic rings.